The van der Waals surface area contributed by atoms with Crippen molar-refractivity contribution in [3.05, 3.63) is 58.6 Å². The third kappa shape index (κ3) is 3.69. The number of carbonyl (C=O) groups excluding carboxylic acids is 1. The van der Waals surface area contributed by atoms with Crippen molar-refractivity contribution >= 4 is 34.4 Å². The van der Waals surface area contributed by atoms with Crippen LogP contribution in [-0.4, -0.2) is 33.2 Å². The van der Waals surface area contributed by atoms with Gasteiger partial charge in [-0.2, -0.15) is 18.3 Å². The van der Waals surface area contributed by atoms with Crippen LogP contribution < -0.4 is 10.1 Å². The van der Waals surface area contributed by atoms with Crippen LogP contribution in [0.1, 0.15) is 15.9 Å². The number of carbonyl (C=O) groups is 1. The minimum absolute atomic E-state index is 0.155. The standard InChI is InChI=1S/C19H13ClF3N5O2/c1-30-14-6-5-9(7-11(14)20)18(29)25-15-8-13(27-28-15)17-24-12-4-2-3-10(16(12)26-17)19(21,22)23/h2-8H,1H3,(H,24,26)(H2,25,27,28,29). The molecule has 0 spiro atoms. The van der Waals surface area contributed by atoms with Crippen LogP contribution >= 0.6 is 11.6 Å². The van der Waals surface area contributed by atoms with Crippen LogP contribution in [0.4, 0.5) is 19.0 Å². The number of amides is 1. The van der Waals surface area contributed by atoms with Crippen LogP contribution in [0.25, 0.3) is 22.6 Å². The zero-order chi connectivity index (χ0) is 21.5. The van der Waals surface area contributed by atoms with Gasteiger partial charge in [-0.1, -0.05) is 17.7 Å². The van der Waals surface area contributed by atoms with Gasteiger partial charge in [-0.15, -0.1) is 0 Å². The number of aromatic nitrogens is 4. The van der Waals surface area contributed by atoms with Gasteiger partial charge in [0.2, 0.25) is 0 Å². The molecule has 0 aliphatic heterocycles. The first-order valence-electron chi connectivity index (χ1n) is 8.53. The van der Waals surface area contributed by atoms with Gasteiger partial charge in [0.15, 0.2) is 11.6 Å². The summed E-state index contributed by atoms with van der Waals surface area (Å²) in [5.74, 6) is 0.278. The number of anilines is 1. The van der Waals surface area contributed by atoms with Crippen molar-refractivity contribution in [1.82, 2.24) is 20.2 Å². The minimum atomic E-state index is -4.53. The molecule has 0 fully saturated rings. The van der Waals surface area contributed by atoms with E-state index in [-0.39, 0.29) is 33.3 Å². The van der Waals surface area contributed by atoms with Crippen LogP contribution in [0.3, 0.4) is 0 Å². The highest BCUT2D eigenvalue weighted by molar-refractivity contribution is 6.32. The molecular weight excluding hydrogens is 423 g/mol. The number of fused-ring (bicyclic) bond motifs is 1. The Kier molecular flexibility index (Phi) is 4.86. The fourth-order valence-electron chi connectivity index (χ4n) is 2.89. The SMILES string of the molecule is COc1ccc(C(=O)Nc2cc(-c3nc4c(C(F)(F)F)cccc4[nH]3)[nH]n2)cc1Cl. The van der Waals surface area contributed by atoms with E-state index in [0.29, 0.717) is 11.4 Å². The third-order valence-corrected chi connectivity index (χ3v) is 4.60. The van der Waals surface area contributed by atoms with E-state index in [2.05, 4.69) is 25.5 Å². The molecule has 7 nitrogen and oxygen atoms in total. The number of hydrogen-bond acceptors (Lipinski definition) is 4. The van der Waals surface area contributed by atoms with E-state index < -0.39 is 17.6 Å². The summed E-state index contributed by atoms with van der Waals surface area (Å²) in [6.07, 6.45) is -4.53. The lowest BCUT2D eigenvalue weighted by molar-refractivity contribution is -0.136. The van der Waals surface area contributed by atoms with Crippen LogP contribution in [0, 0.1) is 0 Å². The van der Waals surface area contributed by atoms with Crippen molar-refractivity contribution in [1.29, 1.82) is 0 Å². The second-order valence-electron chi connectivity index (χ2n) is 6.26. The third-order valence-electron chi connectivity index (χ3n) is 4.31. The molecule has 2 aromatic carbocycles. The molecule has 0 unspecified atom stereocenters. The molecule has 0 aliphatic carbocycles. The molecule has 30 heavy (non-hydrogen) atoms. The van der Waals surface area contributed by atoms with E-state index >= 15 is 0 Å². The molecule has 2 heterocycles. The normalized spacial score (nSPS) is 11.6. The number of hydrogen-bond donors (Lipinski definition) is 3. The first kappa shape index (κ1) is 19.8. The molecule has 11 heteroatoms. The number of H-pyrrole nitrogens is 2. The molecule has 0 aliphatic rings. The quantitative estimate of drug-likeness (QED) is 0.425. The maximum Gasteiger partial charge on any atom is 0.418 e. The van der Waals surface area contributed by atoms with Crippen molar-refractivity contribution < 1.29 is 22.7 Å². The maximum absolute atomic E-state index is 13.2. The Labute approximate surface area is 172 Å². The lowest BCUT2D eigenvalue weighted by Gasteiger charge is -2.05. The summed E-state index contributed by atoms with van der Waals surface area (Å²) in [4.78, 5) is 19.3. The topological polar surface area (TPSA) is 95.7 Å². The summed E-state index contributed by atoms with van der Waals surface area (Å²) in [6, 6.07) is 9.74. The highest BCUT2D eigenvalue weighted by Gasteiger charge is 2.33. The van der Waals surface area contributed by atoms with E-state index in [1.54, 1.807) is 6.07 Å². The van der Waals surface area contributed by atoms with Crippen LogP contribution in [0.15, 0.2) is 42.5 Å². The molecule has 2 aromatic heterocycles. The van der Waals surface area contributed by atoms with Gasteiger partial charge in [0, 0.05) is 11.6 Å². The summed E-state index contributed by atoms with van der Waals surface area (Å²) in [5.41, 5.74) is -0.223. The molecule has 0 radical (unpaired) electrons. The first-order valence-corrected chi connectivity index (χ1v) is 8.90. The number of halogens is 4. The van der Waals surface area contributed by atoms with E-state index in [9.17, 15) is 18.0 Å². The molecule has 0 bridgehead atoms. The van der Waals surface area contributed by atoms with Gasteiger partial charge in [-0.3, -0.25) is 9.89 Å². The molecule has 3 N–H and O–H groups in total. The molecule has 0 atom stereocenters. The number of imidazole rings is 1. The number of methoxy groups -OCH3 is 1. The molecule has 154 valence electrons. The number of alkyl halides is 3. The summed E-state index contributed by atoms with van der Waals surface area (Å²) in [7, 11) is 1.46. The van der Waals surface area contributed by atoms with Crippen molar-refractivity contribution in [2.24, 2.45) is 0 Å². The van der Waals surface area contributed by atoms with Crippen molar-refractivity contribution in [3.63, 3.8) is 0 Å². The van der Waals surface area contributed by atoms with Crippen LogP contribution in [0.5, 0.6) is 5.75 Å². The Morgan fingerprint density at radius 1 is 1.20 bits per heavy atom. The highest BCUT2D eigenvalue weighted by atomic mass is 35.5. The predicted molar refractivity (Wildman–Crippen MR) is 105 cm³/mol. The smallest absolute Gasteiger partial charge is 0.418 e. The largest absolute Gasteiger partial charge is 0.495 e. The summed E-state index contributed by atoms with van der Waals surface area (Å²) in [5, 5.41) is 9.45. The van der Waals surface area contributed by atoms with E-state index in [0.717, 1.165) is 6.07 Å². The van der Waals surface area contributed by atoms with Gasteiger partial charge in [0.05, 0.1) is 23.2 Å². The number of nitrogens with zero attached hydrogens (tertiary/aromatic N) is 2. The second-order valence-corrected chi connectivity index (χ2v) is 6.66. The minimum Gasteiger partial charge on any atom is -0.495 e. The average molecular weight is 436 g/mol. The summed E-state index contributed by atoms with van der Waals surface area (Å²) < 4.78 is 44.6. The summed E-state index contributed by atoms with van der Waals surface area (Å²) in [6.45, 7) is 0. The molecule has 0 saturated heterocycles. The Morgan fingerprint density at radius 3 is 2.70 bits per heavy atom. The fraction of sp³-hybridized carbons (Fsp3) is 0.105. The number of ether oxygens (including phenoxy) is 1. The maximum atomic E-state index is 13.2. The first-order chi connectivity index (χ1) is 14.3. The number of aromatic amines is 2. The Balaban J connectivity index is 1.59. The number of rotatable bonds is 4. The van der Waals surface area contributed by atoms with Gasteiger partial charge in [0.25, 0.3) is 5.91 Å². The highest BCUT2D eigenvalue weighted by Crippen LogP contribution is 2.34. The molecule has 1 amide bonds. The zero-order valence-corrected chi connectivity index (χ0v) is 16.0. The molecule has 0 saturated carbocycles. The average Bonchev–Trinajstić information content (AvgIpc) is 3.33. The number of nitrogens with one attached hydrogen (secondary N) is 3. The monoisotopic (exact) mass is 435 g/mol. The van der Waals surface area contributed by atoms with Crippen molar-refractivity contribution in [2.45, 2.75) is 6.18 Å². The van der Waals surface area contributed by atoms with E-state index in [4.69, 9.17) is 16.3 Å². The van der Waals surface area contributed by atoms with Gasteiger partial charge in [-0.05, 0) is 30.3 Å². The van der Waals surface area contributed by atoms with E-state index in [1.807, 2.05) is 0 Å². The molecule has 4 aromatic rings. The Bertz CT molecular complexity index is 1250. The Hall–Kier alpha value is -3.53. The van der Waals surface area contributed by atoms with Gasteiger partial charge in [0.1, 0.15) is 17.0 Å². The van der Waals surface area contributed by atoms with Gasteiger partial charge < -0.3 is 15.0 Å². The predicted octanol–water partition coefficient (Wildman–Crippen LogP) is 4.89. The van der Waals surface area contributed by atoms with Crippen LogP contribution in [0.2, 0.25) is 5.02 Å². The second kappa shape index (κ2) is 7.38. The fourth-order valence-corrected chi connectivity index (χ4v) is 3.15. The summed E-state index contributed by atoms with van der Waals surface area (Å²) >= 11 is 6.02. The number of benzene rings is 2. The number of para-hydroxylation sites is 1. The van der Waals surface area contributed by atoms with Gasteiger partial charge in [-0.25, -0.2) is 4.98 Å². The van der Waals surface area contributed by atoms with Crippen molar-refractivity contribution in [3.8, 4) is 17.3 Å². The Morgan fingerprint density at radius 2 is 2.00 bits per heavy atom. The van der Waals surface area contributed by atoms with Crippen molar-refractivity contribution in [2.75, 3.05) is 12.4 Å². The molecular formula is C19H13ClF3N5O2. The van der Waals surface area contributed by atoms with Gasteiger partial charge >= 0.3 is 6.18 Å². The lowest BCUT2D eigenvalue weighted by Crippen LogP contribution is -2.12. The van der Waals surface area contributed by atoms with E-state index in [1.165, 1.54) is 37.4 Å². The van der Waals surface area contributed by atoms with Crippen LogP contribution in [-0.2, 0) is 6.18 Å². The lowest BCUT2D eigenvalue weighted by atomic mass is 10.2. The molecule has 4 rings (SSSR count). The zero-order valence-electron chi connectivity index (χ0n) is 15.3.